The Morgan fingerprint density at radius 1 is 1.47 bits per heavy atom. The Morgan fingerprint density at radius 2 is 2.27 bits per heavy atom. The van der Waals surface area contributed by atoms with Crippen LogP contribution in [0, 0.1) is 0 Å². The molecule has 1 heterocycles. The van der Waals surface area contributed by atoms with Crippen LogP contribution in [0.3, 0.4) is 0 Å². The van der Waals surface area contributed by atoms with Gasteiger partial charge in [0.05, 0.1) is 6.42 Å². The Labute approximate surface area is 100 Å². The van der Waals surface area contributed by atoms with Crippen LogP contribution in [0.4, 0.5) is 0 Å². The monoisotopic (exact) mass is 248 g/mol. The van der Waals surface area contributed by atoms with E-state index in [1.165, 1.54) is 0 Å². The minimum atomic E-state index is 0. The summed E-state index contributed by atoms with van der Waals surface area (Å²) in [5, 5.41) is 4.85. The van der Waals surface area contributed by atoms with Gasteiger partial charge in [-0.15, -0.1) is 23.7 Å². The molecule has 0 aliphatic carbocycles. The van der Waals surface area contributed by atoms with Gasteiger partial charge >= 0.3 is 0 Å². The average Bonchev–Trinajstić information content (AvgIpc) is 2.65. The maximum Gasteiger partial charge on any atom is 0.225 e. The first-order chi connectivity index (χ1) is 6.83. The Balaban J connectivity index is 0.00000196. The van der Waals surface area contributed by atoms with Gasteiger partial charge in [0.15, 0.2) is 0 Å². The van der Waals surface area contributed by atoms with Crippen LogP contribution in [0.25, 0.3) is 0 Å². The van der Waals surface area contributed by atoms with Gasteiger partial charge in [-0.2, -0.15) is 0 Å². The first-order valence-electron chi connectivity index (χ1n) is 4.82. The minimum absolute atomic E-state index is 0. The van der Waals surface area contributed by atoms with Gasteiger partial charge < -0.3 is 11.1 Å². The zero-order valence-corrected chi connectivity index (χ0v) is 10.2. The van der Waals surface area contributed by atoms with Crippen LogP contribution < -0.4 is 11.1 Å². The molecule has 0 aliphatic rings. The second kappa shape index (κ2) is 8.71. The zero-order chi connectivity index (χ0) is 10.2. The molecule has 0 fully saturated rings. The summed E-state index contributed by atoms with van der Waals surface area (Å²) in [7, 11) is 0. The molecule has 86 valence electrons. The summed E-state index contributed by atoms with van der Waals surface area (Å²) in [5.41, 5.74) is 5.34. The van der Waals surface area contributed by atoms with Gasteiger partial charge in [-0.25, -0.2) is 0 Å². The van der Waals surface area contributed by atoms with Gasteiger partial charge in [0.25, 0.3) is 0 Å². The SMILES string of the molecule is Cl.NCCCCNC(=O)Cc1cccs1. The number of carbonyl (C=O) groups is 1. The second-order valence-corrected chi connectivity index (χ2v) is 4.13. The molecule has 0 radical (unpaired) electrons. The molecule has 0 aromatic carbocycles. The number of nitrogens with one attached hydrogen (secondary N) is 1. The summed E-state index contributed by atoms with van der Waals surface area (Å²) in [6.07, 6.45) is 2.44. The molecular formula is C10H17ClN2OS. The molecule has 0 unspecified atom stereocenters. The van der Waals surface area contributed by atoms with Crippen molar-refractivity contribution < 1.29 is 4.79 Å². The average molecular weight is 249 g/mol. The summed E-state index contributed by atoms with van der Waals surface area (Å²) < 4.78 is 0. The van der Waals surface area contributed by atoms with E-state index in [0.717, 1.165) is 24.3 Å². The maximum atomic E-state index is 11.3. The molecule has 5 heteroatoms. The number of carbonyl (C=O) groups excluding carboxylic acids is 1. The molecule has 0 saturated heterocycles. The fraction of sp³-hybridized carbons (Fsp3) is 0.500. The quantitative estimate of drug-likeness (QED) is 0.751. The van der Waals surface area contributed by atoms with Crippen LogP contribution in [-0.4, -0.2) is 19.0 Å². The predicted octanol–water partition coefficient (Wildman–Crippen LogP) is 1.57. The van der Waals surface area contributed by atoms with Gasteiger partial charge in [-0.1, -0.05) is 6.07 Å². The number of hydrogen-bond donors (Lipinski definition) is 2. The van der Waals surface area contributed by atoms with Gasteiger partial charge in [-0.05, 0) is 30.8 Å². The third-order valence-electron chi connectivity index (χ3n) is 1.87. The van der Waals surface area contributed by atoms with Crippen LogP contribution in [0.2, 0.25) is 0 Å². The number of thiophene rings is 1. The summed E-state index contributed by atoms with van der Waals surface area (Å²) in [5.74, 6) is 0.101. The maximum absolute atomic E-state index is 11.3. The van der Waals surface area contributed by atoms with E-state index in [-0.39, 0.29) is 18.3 Å². The number of halogens is 1. The molecule has 0 bridgehead atoms. The van der Waals surface area contributed by atoms with Crippen molar-refractivity contribution in [2.24, 2.45) is 5.73 Å². The number of nitrogens with two attached hydrogens (primary N) is 1. The molecule has 1 rings (SSSR count). The number of amides is 1. The van der Waals surface area contributed by atoms with E-state index in [1.54, 1.807) is 11.3 Å². The topological polar surface area (TPSA) is 55.1 Å². The van der Waals surface area contributed by atoms with Crippen LogP contribution in [-0.2, 0) is 11.2 Å². The molecule has 15 heavy (non-hydrogen) atoms. The van der Waals surface area contributed by atoms with Crippen molar-refractivity contribution in [3.05, 3.63) is 22.4 Å². The summed E-state index contributed by atoms with van der Waals surface area (Å²) in [6.45, 7) is 1.43. The lowest BCUT2D eigenvalue weighted by molar-refractivity contribution is -0.120. The number of unbranched alkanes of at least 4 members (excludes halogenated alkanes) is 1. The van der Waals surface area contributed by atoms with Crippen LogP contribution in [0.15, 0.2) is 17.5 Å². The van der Waals surface area contributed by atoms with E-state index in [1.807, 2.05) is 17.5 Å². The molecule has 0 saturated carbocycles. The minimum Gasteiger partial charge on any atom is -0.356 e. The van der Waals surface area contributed by atoms with Crippen molar-refractivity contribution in [2.45, 2.75) is 19.3 Å². The van der Waals surface area contributed by atoms with Gasteiger partial charge in [-0.3, -0.25) is 4.79 Å². The van der Waals surface area contributed by atoms with E-state index in [4.69, 9.17) is 5.73 Å². The Bertz CT molecular complexity index is 264. The van der Waals surface area contributed by atoms with E-state index in [9.17, 15) is 4.79 Å². The Kier molecular flexibility index (Phi) is 8.37. The molecule has 1 aromatic rings. The number of hydrogen-bond acceptors (Lipinski definition) is 3. The molecule has 0 atom stereocenters. The molecular weight excluding hydrogens is 232 g/mol. The normalized spacial score (nSPS) is 9.40. The highest BCUT2D eigenvalue weighted by molar-refractivity contribution is 7.10. The van der Waals surface area contributed by atoms with Crippen LogP contribution in [0.1, 0.15) is 17.7 Å². The number of rotatable bonds is 6. The van der Waals surface area contributed by atoms with Crippen molar-refractivity contribution in [3.63, 3.8) is 0 Å². The standard InChI is InChI=1S/C10H16N2OS.ClH/c11-5-1-2-6-12-10(13)8-9-4-3-7-14-9;/h3-4,7H,1-2,5-6,8,11H2,(H,12,13);1H. The lowest BCUT2D eigenvalue weighted by atomic mass is 10.3. The second-order valence-electron chi connectivity index (χ2n) is 3.10. The first-order valence-corrected chi connectivity index (χ1v) is 5.70. The zero-order valence-electron chi connectivity index (χ0n) is 8.57. The summed E-state index contributed by atoms with van der Waals surface area (Å²) in [6, 6.07) is 3.94. The molecule has 1 amide bonds. The highest BCUT2D eigenvalue weighted by Crippen LogP contribution is 2.08. The lowest BCUT2D eigenvalue weighted by Gasteiger charge is -2.02. The van der Waals surface area contributed by atoms with Crippen molar-refractivity contribution >= 4 is 29.7 Å². The van der Waals surface area contributed by atoms with E-state index in [2.05, 4.69) is 5.32 Å². The van der Waals surface area contributed by atoms with Crippen LogP contribution >= 0.6 is 23.7 Å². The van der Waals surface area contributed by atoms with Crippen molar-refractivity contribution in [1.29, 1.82) is 0 Å². The highest BCUT2D eigenvalue weighted by Gasteiger charge is 2.02. The van der Waals surface area contributed by atoms with Crippen molar-refractivity contribution in [1.82, 2.24) is 5.32 Å². The molecule has 0 spiro atoms. The van der Waals surface area contributed by atoms with E-state index < -0.39 is 0 Å². The van der Waals surface area contributed by atoms with Crippen LogP contribution in [0.5, 0.6) is 0 Å². The molecule has 3 N–H and O–H groups in total. The van der Waals surface area contributed by atoms with E-state index >= 15 is 0 Å². The molecule has 3 nitrogen and oxygen atoms in total. The molecule has 0 aliphatic heterocycles. The smallest absolute Gasteiger partial charge is 0.225 e. The van der Waals surface area contributed by atoms with Gasteiger partial charge in [0, 0.05) is 11.4 Å². The van der Waals surface area contributed by atoms with Gasteiger partial charge in [0.2, 0.25) is 5.91 Å². The fourth-order valence-corrected chi connectivity index (χ4v) is 1.83. The molecule has 1 aromatic heterocycles. The van der Waals surface area contributed by atoms with Crippen molar-refractivity contribution in [3.8, 4) is 0 Å². The predicted molar refractivity (Wildman–Crippen MR) is 66.6 cm³/mol. The Hall–Kier alpha value is -0.580. The Morgan fingerprint density at radius 3 is 2.87 bits per heavy atom. The first kappa shape index (κ1) is 14.4. The highest BCUT2D eigenvalue weighted by atomic mass is 35.5. The van der Waals surface area contributed by atoms with Crippen molar-refractivity contribution in [2.75, 3.05) is 13.1 Å². The summed E-state index contributed by atoms with van der Waals surface area (Å²) >= 11 is 1.61. The van der Waals surface area contributed by atoms with E-state index in [0.29, 0.717) is 13.0 Å². The third-order valence-corrected chi connectivity index (χ3v) is 2.74. The lowest BCUT2D eigenvalue weighted by Crippen LogP contribution is -2.26. The fourth-order valence-electron chi connectivity index (χ4n) is 1.13. The summed E-state index contributed by atoms with van der Waals surface area (Å²) in [4.78, 5) is 12.5. The van der Waals surface area contributed by atoms with Gasteiger partial charge in [0.1, 0.15) is 0 Å². The largest absolute Gasteiger partial charge is 0.356 e. The third kappa shape index (κ3) is 6.49.